The number of nitrogens with one attached hydrogen (secondary N) is 1. The topological polar surface area (TPSA) is 32.3 Å². The smallest absolute Gasteiger partial charge is 0.220 e. The highest BCUT2D eigenvalue weighted by atomic mass is 19.2. The lowest BCUT2D eigenvalue weighted by atomic mass is 9.97. The molecule has 2 rings (SSSR count). The summed E-state index contributed by atoms with van der Waals surface area (Å²) < 4.78 is 26.1. The number of nitrogens with zero attached hydrogens (tertiary/aromatic N) is 1. The molecule has 1 unspecified atom stereocenters. The van der Waals surface area contributed by atoms with Crippen molar-refractivity contribution in [3.05, 3.63) is 47.0 Å². The summed E-state index contributed by atoms with van der Waals surface area (Å²) in [5, 5.41) is 2.99. The van der Waals surface area contributed by atoms with Crippen LogP contribution in [0.15, 0.2) is 29.8 Å². The second kappa shape index (κ2) is 9.66. The van der Waals surface area contributed by atoms with E-state index < -0.39 is 11.6 Å². The highest BCUT2D eigenvalue weighted by Crippen LogP contribution is 2.17. The summed E-state index contributed by atoms with van der Waals surface area (Å²) in [6.45, 7) is 8.01. The Morgan fingerprint density at radius 2 is 2.16 bits per heavy atom. The van der Waals surface area contributed by atoms with Crippen molar-refractivity contribution in [1.29, 1.82) is 0 Å². The molecule has 0 saturated carbocycles. The van der Waals surface area contributed by atoms with Gasteiger partial charge in [0.2, 0.25) is 5.91 Å². The third-order valence-corrected chi connectivity index (χ3v) is 4.78. The lowest BCUT2D eigenvalue weighted by Crippen LogP contribution is -2.41. The summed E-state index contributed by atoms with van der Waals surface area (Å²) in [7, 11) is 0. The van der Waals surface area contributed by atoms with Gasteiger partial charge in [0.15, 0.2) is 11.6 Å². The first kappa shape index (κ1) is 19.6. The molecular formula is C20H28F2N2O. The van der Waals surface area contributed by atoms with E-state index in [1.165, 1.54) is 11.6 Å². The zero-order chi connectivity index (χ0) is 18.2. The van der Waals surface area contributed by atoms with Crippen molar-refractivity contribution in [2.45, 2.75) is 39.5 Å². The summed E-state index contributed by atoms with van der Waals surface area (Å²) in [6.07, 6.45) is 5.14. The quantitative estimate of drug-likeness (QED) is 0.761. The maximum absolute atomic E-state index is 13.2. The van der Waals surface area contributed by atoms with Crippen LogP contribution in [0.25, 0.3) is 0 Å². The van der Waals surface area contributed by atoms with Crippen molar-refractivity contribution in [3.8, 4) is 0 Å². The molecule has 1 saturated heterocycles. The Balaban J connectivity index is 1.71. The van der Waals surface area contributed by atoms with Crippen molar-refractivity contribution in [2.24, 2.45) is 5.92 Å². The number of halogens is 2. The van der Waals surface area contributed by atoms with Crippen molar-refractivity contribution >= 4 is 5.91 Å². The first-order chi connectivity index (χ1) is 12.0. The molecule has 0 aliphatic carbocycles. The Morgan fingerprint density at radius 3 is 2.88 bits per heavy atom. The van der Waals surface area contributed by atoms with E-state index in [0.717, 1.165) is 44.6 Å². The molecule has 138 valence electrons. The van der Waals surface area contributed by atoms with Crippen LogP contribution in [0.3, 0.4) is 0 Å². The Bertz CT molecular complexity index is 616. The maximum Gasteiger partial charge on any atom is 0.220 e. The zero-order valence-corrected chi connectivity index (χ0v) is 15.2. The molecular weight excluding hydrogens is 322 g/mol. The van der Waals surface area contributed by atoms with Crippen LogP contribution in [-0.2, 0) is 11.2 Å². The standard InChI is InChI=1S/C20H28F2N2O/c1-3-15(2)13-24-10-4-5-17(14-24)12-23-20(25)9-7-16-6-8-18(21)19(22)11-16/h3,6,8,11,17H,4-5,7,9-10,12-14H2,1-2H3,(H,23,25)/b15-3+. The lowest BCUT2D eigenvalue weighted by molar-refractivity contribution is -0.121. The van der Waals surface area contributed by atoms with Crippen molar-refractivity contribution < 1.29 is 13.6 Å². The summed E-state index contributed by atoms with van der Waals surface area (Å²) in [5.74, 6) is -1.28. The maximum atomic E-state index is 13.2. The summed E-state index contributed by atoms with van der Waals surface area (Å²) >= 11 is 0. The van der Waals surface area contributed by atoms with Gasteiger partial charge in [0.05, 0.1) is 0 Å². The summed E-state index contributed by atoms with van der Waals surface area (Å²) in [5.41, 5.74) is 2.01. The molecule has 1 N–H and O–H groups in total. The highest BCUT2D eigenvalue weighted by Gasteiger charge is 2.20. The summed E-state index contributed by atoms with van der Waals surface area (Å²) in [4.78, 5) is 14.5. The number of carbonyl (C=O) groups is 1. The van der Waals surface area contributed by atoms with E-state index in [2.05, 4.69) is 30.1 Å². The molecule has 1 aliphatic rings. The average molecular weight is 350 g/mol. The SMILES string of the molecule is C/C=C(\C)CN1CCCC(CNC(=O)CCc2ccc(F)c(F)c2)C1. The van der Waals surface area contributed by atoms with Crippen LogP contribution < -0.4 is 5.32 Å². The van der Waals surface area contributed by atoms with Gasteiger partial charge >= 0.3 is 0 Å². The molecule has 1 fully saturated rings. The van der Waals surface area contributed by atoms with E-state index in [-0.39, 0.29) is 5.91 Å². The fourth-order valence-electron chi connectivity index (χ4n) is 3.21. The van der Waals surface area contributed by atoms with E-state index in [1.807, 2.05) is 0 Å². The Labute approximate surface area is 149 Å². The molecule has 1 heterocycles. The minimum Gasteiger partial charge on any atom is -0.356 e. The van der Waals surface area contributed by atoms with Gasteiger partial charge in [-0.2, -0.15) is 0 Å². The molecule has 1 atom stereocenters. The van der Waals surface area contributed by atoms with Gasteiger partial charge < -0.3 is 5.32 Å². The molecule has 0 aromatic heterocycles. The van der Waals surface area contributed by atoms with Crippen LogP contribution >= 0.6 is 0 Å². The van der Waals surface area contributed by atoms with Gasteiger partial charge in [0.25, 0.3) is 0 Å². The van der Waals surface area contributed by atoms with Crippen LogP contribution in [0.4, 0.5) is 8.78 Å². The number of benzene rings is 1. The third-order valence-electron chi connectivity index (χ3n) is 4.78. The zero-order valence-electron chi connectivity index (χ0n) is 15.2. The number of allylic oxidation sites excluding steroid dienone is 1. The molecule has 0 radical (unpaired) electrons. The van der Waals surface area contributed by atoms with Gasteiger partial charge in [-0.3, -0.25) is 9.69 Å². The minimum absolute atomic E-state index is 0.0357. The predicted octanol–water partition coefficient (Wildman–Crippen LogP) is 3.69. The Morgan fingerprint density at radius 1 is 1.36 bits per heavy atom. The summed E-state index contributed by atoms with van der Waals surface area (Å²) in [6, 6.07) is 3.78. The molecule has 1 aliphatic heterocycles. The van der Waals surface area contributed by atoms with Crippen LogP contribution in [0.1, 0.15) is 38.7 Å². The van der Waals surface area contributed by atoms with Gasteiger partial charge in [0, 0.05) is 26.1 Å². The van der Waals surface area contributed by atoms with E-state index >= 15 is 0 Å². The molecule has 5 heteroatoms. The average Bonchev–Trinajstić information content (AvgIpc) is 2.61. The third kappa shape index (κ3) is 6.58. The van der Waals surface area contributed by atoms with Gasteiger partial charge in [0.1, 0.15) is 0 Å². The monoisotopic (exact) mass is 350 g/mol. The van der Waals surface area contributed by atoms with Gasteiger partial charge in [-0.05, 0) is 63.3 Å². The Hall–Kier alpha value is -1.75. The molecule has 1 amide bonds. The lowest BCUT2D eigenvalue weighted by Gasteiger charge is -2.33. The minimum atomic E-state index is -0.864. The molecule has 3 nitrogen and oxygen atoms in total. The van der Waals surface area contributed by atoms with Crippen molar-refractivity contribution in [2.75, 3.05) is 26.2 Å². The van der Waals surface area contributed by atoms with Crippen LogP contribution in [0.5, 0.6) is 0 Å². The predicted molar refractivity (Wildman–Crippen MR) is 96.3 cm³/mol. The molecule has 1 aromatic rings. The largest absolute Gasteiger partial charge is 0.356 e. The van der Waals surface area contributed by atoms with E-state index in [4.69, 9.17) is 0 Å². The molecule has 25 heavy (non-hydrogen) atoms. The Kier molecular flexibility index (Phi) is 7.56. The first-order valence-electron chi connectivity index (χ1n) is 9.02. The number of aryl methyl sites for hydroxylation is 1. The first-order valence-corrected chi connectivity index (χ1v) is 9.02. The molecule has 1 aromatic carbocycles. The normalized spacial score (nSPS) is 19.0. The van der Waals surface area contributed by atoms with Gasteiger partial charge in [-0.15, -0.1) is 0 Å². The highest BCUT2D eigenvalue weighted by molar-refractivity contribution is 5.76. The van der Waals surface area contributed by atoms with Gasteiger partial charge in [-0.25, -0.2) is 8.78 Å². The number of amides is 1. The van der Waals surface area contributed by atoms with E-state index in [1.54, 1.807) is 0 Å². The van der Waals surface area contributed by atoms with Crippen molar-refractivity contribution in [3.63, 3.8) is 0 Å². The molecule has 0 bridgehead atoms. The van der Waals surface area contributed by atoms with Gasteiger partial charge in [-0.1, -0.05) is 17.7 Å². The fourth-order valence-corrected chi connectivity index (χ4v) is 3.21. The fraction of sp³-hybridized carbons (Fsp3) is 0.550. The number of hydrogen-bond acceptors (Lipinski definition) is 2. The van der Waals surface area contributed by atoms with E-state index in [9.17, 15) is 13.6 Å². The molecule has 0 spiro atoms. The number of hydrogen-bond donors (Lipinski definition) is 1. The van der Waals surface area contributed by atoms with Crippen LogP contribution in [0, 0.1) is 17.6 Å². The van der Waals surface area contributed by atoms with E-state index in [0.29, 0.717) is 30.9 Å². The van der Waals surface area contributed by atoms with Crippen LogP contribution in [-0.4, -0.2) is 37.0 Å². The van der Waals surface area contributed by atoms with Crippen molar-refractivity contribution in [1.82, 2.24) is 10.2 Å². The number of carbonyl (C=O) groups excluding carboxylic acids is 1. The number of likely N-dealkylation sites (tertiary alicyclic amines) is 1. The second-order valence-electron chi connectivity index (χ2n) is 6.93. The number of rotatable bonds is 7. The van der Waals surface area contributed by atoms with Crippen LogP contribution in [0.2, 0.25) is 0 Å². The number of piperidine rings is 1. The second-order valence-corrected chi connectivity index (χ2v) is 6.93.